The maximum absolute atomic E-state index is 8.91. The van der Waals surface area contributed by atoms with E-state index in [1.807, 2.05) is 30.3 Å². The summed E-state index contributed by atoms with van der Waals surface area (Å²) in [4.78, 5) is 0. The summed E-state index contributed by atoms with van der Waals surface area (Å²) in [6, 6.07) is 15.1. The molecule has 0 N–H and O–H groups in total. The molecule has 138 valence electrons. The molecule has 0 atom stereocenters. The van der Waals surface area contributed by atoms with Crippen LogP contribution >= 0.6 is 35.0 Å². The van der Waals surface area contributed by atoms with Crippen molar-refractivity contribution in [1.29, 1.82) is 5.26 Å². The van der Waals surface area contributed by atoms with Gasteiger partial charge in [-0.2, -0.15) is 5.26 Å². The summed E-state index contributed by atoms with van der Waals surface area (Å²) < 4.78 is 2.11. The Morgan fingerprint density at radius 1 is 1.11 bits per heavy atom. The molecule has 0 aliphatic carbocycles. The Labute approximate surface area is 173 Å². The Balaban J connectivity index is 1.88. The molecule has 0 bridgehead atoms. The molecule has 1 aromatic heterocycles. The van der Waals surface area contributed by atoms with Gasteiger partial charge >= 0.3 is 0 Å². The summed E-state index contributed by atoms with van der Waals surface area (Å²) in [5.41, 5.74) is 2.61. The van der Waals surface area contributed by atoms with E-state index < -0.39 is 0 Å². The topological polar surface area (TPSA) is 54.5 Å². The highest BCUT2D eigenvalue weighted by molar-refractivity contribution is 7.98. The maximum Gasteiger partial charge on any atom is 0.191 e. The zero-order valence-corrected chi connectivity index (χ0v) is 17.3. The van der Waals surface area contributed by atoms with Crippen molar-refractivity contribution in [2.45, 2.75) is 31.3 Å². The lowest BCUT2D eigenvalue weighted by Crippen LogP contribution is -2.08. The molecular weight excluding hydrogens is 399 g/mol. The molecule has 0 unspecified atom stereocenters. The first kappa shape index (κ1) is 19.8. The van der Waals surface area contributed by atoms with Crippen LogP contribution in [0, 0.1) is 17.2 Å². The second-order valence-corrected chi connectivity index (χ2v) is 8.32. The minimum Gasteiger partial charge on any atom is -0.302 e. The molecule has 0 aliphatic rings. The Kier molecular flexibility index (Phi) is 6.43. The van der Waals surface area contributed by atoms with Crippen molar-refractivity contribution < 1.29 is 0 Å². The maximum atomic E-state index is 8.91. The molecule has 0 saturated heterocycles. The van der Waals surface area contributed by atoms with E-state index in [2.05, 4.69) is 34.7 Å². The van der Waals surface area contributed by atoms with Gasteiger partial charge in [-0.05, 0) is 41.8 Å². The van der Waals surface area contributed by atoms with Gasteiger partial charge in [-0.1, -0.05) is 60.9 Å². The summed E-state index contributed by atoms with van der Waals surface area (Å²) in [5.74, 6) is 1.92. The molecule has 1 heterocycles. The van der Waals surface area contributed by atoms with Crippen molar-refractivity contribution in [3.8, 4) is 17.5 Å². The summed E-state index contributed by atoms with van der Waals surface area (Å²) >= 11 is 14.0. The van der Waals surface area contributed by atoms with Gasteiger partial charge in [0.15, 0.2) is 11.0 Å². The number of hydrogen-bond acceptors (Lipinski definition) is 4. The SMILES string of the molecule is CC(C)Cn1c(SCc2ccc(C#N)cc2)nnc1-c1ccc(Cl)cc1Cl. The molecule has 4 nitrogen and oxygen atoms in total. The van der Waals surface area contributed by atoms with E-state index in [1.165, 1.54) is 0 Å². The minimum atomic E-state index is 0.431. The number of benzene rings is 2. The van der Waals surface area contributed by atoms with Crippen LogP contribution in [0.5, 0.6) is 0 Å². The van der Waals surface area contributed by atoms with Crippen molar-refractivity contribution in [2.24, 2.45) is 5.92 Å². The number of nitrogens with zero attached hydrogens (tertiary/aromatic N) is 4. The highest BCUT2D eigenvalue weighted by Crippen LogP contribution is 2.32. The van der Waals surface area contributed by atoms with Gasteiger partial charge in [0.25, 0.3) is 0 Å². The predicted molar refractivity (Wildman–Crippen MR) is 111 cm³/mol. The van der Waals surface area contributed by atoms with Gasteiger partial charge in [0, 0.05) is 22.9 Å². The largest absolute Gasteiger partial charge is 0.302 e. The predicted octanol–water partition coefficient (Wildman–Crippen LogP) is 6.07. The molecular formula is C20H18Cl2N4S. The highest BCUT2D eigenvalue weighted by atomic mass is 35.5. The second-order valence-electron chi connectivity index (χ2n) is 6.53. The molecule has 3 aromatic rings. The van der Waals surface area contributed by atoms with Crippen LogP contribution in [0.15, 0.2) is 47.6 Å². The van der Waals surface area contributed by atoms with Crippen LogP contribution in [0.25, 0.3) is 11.4 Å². The molecule has 27 heavy (non-hydrogen) atoms. The van der Waals surface area contributed by atoms with E-state index in [0.717, 1.165) is 34.4 Å². The molecule has 0 fully saturated rings. The van der Waals surface area contributed by atoms with Gasteiger partial charge in [-0.25, -0.2) is 0 Å². The number of nitriles is 1. The van der Waals surface area contributed by atoms with E-state index in [-0.39, 0.29) is 0 Å². The Morgan fingerprint density at radius 2 is 1.85 bits per heavy atom. The molecule has 0 saturated carbocycles. The summed E-state index contributed by atoms with van der Waals surface area (Å²) in [6.45, 7) is 5.10. The smallest absolute Gasteiger partial charge is 0.191 e. The molecule has 0 aliphatic heterocycles. The van der Waals surface area contributed by atoms with E-state index in [9.17, 15) is 0 Å². The molecule has 3 rings (SSSR count). The van der Waals surface area contributed by atoms with Crippen LogP contribution in [-0.4, -0.2) is 14.8 Å². The van der Waals surface area contributed by atoms with Gasteiger partial charge in [0.05, 0.1) is 16.7 Å². The third-order valence-electron chi connectivity index (χ3n) is 3.89. The second kappa shape index (κ2) is 8.79. The molecule has 0 amide bonds. The molecule has 7 heteroatoms. The van der Waals surface area contributed by atoms with Gasteiger partial charge in [0.2, 0.25) is 0 Å². The quantitative estimate of drug-likeness (QED) is 0.457. The number of thioether (sulfide) groups is 1. The lowest BCUT2D eigenvalue weighted by atomic mass is 10.2. The fourth-order valence-electron chi connectivity index (χ4n) is 2.62. The monoisotopic (exact) mass is 416 g/mol. The number of aromatic nitrogens is 3. The minimum absolute atomic E-state index is 0.431. The van der Waals surface area contributed by atoms with Crippen LogP contribution in [-0.2, 0) is 12.3 Å². The normalized spacial score (nSPS) is 11.0. The summed E-state index contributed by atoms with van der Waals surface area (Å²) in [5, 5.41) is 19.7. The van der Waals surface area contributed by atoms with Gasteiger partial charge in [-0.15, -0.1) is 10.2 Å². The fourth-order valence-corrected chi connectivity index (χ4v) is 4.02. The Bertz CT molecular complexity index is 975. The van der Waals surface area contributed by atoms with Crippen LogP contribution < -0.4 is 0 Å². The van der Waals surface area contributed by atoms with E-state index >= 15 is 0 Å². The lowest BCUT2D eigenvalue weighted by Gasteiger charge is -2.13. The summed E-state index contributed by atoms with van der Waals surface area (Å²) in [7, 11) is 0. The average Bonchev–Trinajstić information content (AvgIpc) is 3.02. The van der Waals surface area contributed by atoms with Gasteiger partial charge in [0.1, 0.15) is 0 Å². The van der Waals surface area contributed by atoms with Gasteiger partial charge < -0.3 is 4.57 Å². The fraction of sp³-hybridized carbons (Fsp3) is 0.250. The van der Waals surface area contributed by atoms with Crippen LogP contribution in [0.3, 0.4) is 0 Å². The van der Waals surface area contributed by atoms with Crippen LogP contribution in [0.2, 0.25) is 10.0 Å². The zero-order valence-electron chi connectivity index (χ0n) is 15.0. The first-order valence-corrected chi connectivity index (χ1v) is 10.2. The van der Waals surface area contributed by atoms with Crippen molar-refractivity contribution in [3.63, 3.8) is 0 Å². The molecule has 0 radical (unpaired) electrons. The van der Waals surface area contributed by atoms with E-state index in [1.54, 1.807) is 23.9 Å². The Morgan fingerprint density at radius 3 is 2.48 bits per heavy atom. The van der Waals surface area contributed by atoms with Crippen molar-refractivity contribution in [3.05, 3.63) is 63.6 Å². The Hall–Kier alpha value is -2.00. The summed E-state index contributed by atoms with van der Waals surface area (Å²) in [6.07, 6.45) is 0. The average molecular weight is 417 g/mol. The number of rotatable bonds is 6. The molecule has 2 aromatic carbocycles. The van der Waals surface area contributed by atoms with Crippen molar-refractivity contribution in [1.82, 2.24) is 14.8 Å². The van der Waals surface area contributed by atoms with Crippen molar-refractivity contribution in [2.75, 3.05) is 0 Å². The molecule has 0 spiro atoms. The highest BCUT2D eigenvalue weighted by Gasteiger charge is 2.18. The number of hydrogen-bond donors (Lipinski definition) is 0. The third-order valence-corrected chi connectivity index (χ3v) is 5.47. The van der Waals surface area contributed by atoms with E-state index in [4.69, 9.17) is 28.5 Å². The standard InChI is InChI=1S/C20H18Cl2N4S/c1-13(2)11-26-19(17-8-7-16(21)9-18(17)22)24-25-20(26)27-12-15-5-3-14(10-23)4-6-15/h3-9,13H,11-12H2,1-2H3. The van der Waals surface area contributed by atoms with Crippen molar-refractivity contribution >= 4 is 35.0 Å². The zero-order chi connectivity index (χ0) is 19.4. The first-order chi connectivity index (χ1) is 13.0. The van der Waals surface area contributed by atoms with E-state index in [0.29, 0.717) is 21.5 Å². The van der Waals surface area contributed by atoms with Crippen LogP contribution in [0.1, 0.15) is 25.0 Å². The number of halogens is 2. The third kappa shape index (κ3) is 4.84. The first-order valence-electron chi connectivity index (χ1n) is 8.48. The van der Waals surface area contributed by atoms with Gasteiger partial charge in [-0.3, -0.25) is 0 Å². The van der Waals surface area contributed by atoms with Crippen LogP contribution in [0.4, 0.5) is 0 Å². The lowest BCUT2D eigenvalue weighted by molar-refractivity contribution is 0.498.